The number of piperazine rings is 1. The molecule has 0 radical (unpaired) electrons. The van der Waals surface area contributed by atoms with Crippen molar-refractivity contribution in [3.8, 4) is 0 Å². The fraction of sp³-hybridized carbons (Fsp3) is 0.438. The molecule has 0 atom stereocenters. The average Bonchev–Trinajstić information content (AvgIpc) is 2.54. The lowest BCUT2D eigenvalue weighted by molar-refractivity contribution is -0.132. The van der Waals surface area contributed by atoms with Gasteiger partial charge in [0.25, 0.3) is 0 Å². The Labute approximate surface area is 132 Å². The first-order valence-corrected chi connectivity index (χ1v) is 9.04. The minimum absolute atomic E-state index is 0.111. The van der Waals surface area contributed by atoms with Crippen LogP contribution in [0.1, 0.15) is 25.3 Å². The maximum Gasteiger partial charge on any atom is 0.236 e. The molecule has 0 unspecified atom stereocenters. The highest BCUT2D eigenvalue weighted by Gasteiger charge is 2.26. The average molecular weight is 322 g/mol. The zero-order valence-corrected chi connectivity index (χ0v) is 13.6. The molecule has 2 rings (SSSR count). The Morgan fingerprint density at radius 1 is 1.14 bits per heavy atom. The summed E-state index contributed by atoms with van der Waals surface area (Å²) in [5.74, 6) is 0.111. The van der Waals surface area contributed by atoms with Crippen LogP contribution in [0.3, 0.4) is 0 Å². The lowest BCUT2D eigenvalue weighted by Crippen LogP contribution is -2.50. The van der Waals surface area contributed by atoms with Gasteiger partial charge in [0.15, 0.2) is 0 Å². The molecule has 6 heteroatoms. The Bertz CT molecular complexity index is 618. The van der Waals surface area contributed by atoms with Crippen molar-refractivity contribution in [3.05, 3.63) is 41.3 Å². The molecular weight excluding hydrogens is 300 g/mol. The molecule has 5 nitrogen and oxygen atoms in total. The summed E-state index contributed by atoms with van der Waals surface area (Å²) in [4.78, 5) is 13.6. The van der Waals surface area contributed by atoms with Crippen molar-refractivity contribution in [1.82, 2.24) is 9.21 Å². The van der Waals surface area contributed by atoms with E-state index in [-0.39, 0.29) is 5.91 Å². The van der Waals surface area contributed by atoms with Crippen LogP contribution in [0.15, 0.2) is 35.7 Å². The number of rotatable bonds is 5. The molecule has 1 aromatic carbocycles. The van der Waals surface area contributed by atoms with Crippen molar-refractivity contribution in [2.24, 2.45) is 0 Å². The number of hydrogen-bond acceptors (Lipinski definition) is 3. The fourth-order valence-electron chi connectivity index (χ4n) is 2.38. The van der Waals surface area contributed by atoms with E-state index >= 15 is 0 Å². The molecule has 1 amide bonds. The lowest BCUT2D eigenvalue weighted by Gasteiger charge is -2.33. The summed E-state index contributed by atoms with van der Waals surface area (Å²) in [6.07, 6.45) is 2.95. The molecule has 1 fully saturated rings. The van der Waals surface area contributed by atoms with Crippen LogP contribution in [0.5, 0.6) is 0 Å². The minimum Gasteiger partial charge on any atom is -0.340 e. The van der Waals surface area contributed by atoms with Gasteiger partial charge in [0.2, 0.25) is 15.9 Å². The van der Waals surface area contributed by atoms with E-state index in [1.165, 1.54) is 9.71 Å². The van der Waals surface area contributed by atoms with Crippen molar-refractivity contribution in [3.63, 3.8) is 0 Å². The maximum absolute atomic E-state index is 12.3. The third-order valence-corrected chi connectivity index (χ3v) is 5.21. The van der Waals surface area contributed by atoms with E-state index in [4.69, 9.17) is 0 Å². The van der Waals surface area contributed by atoms with Gasteiger partial charge in [-0.2, -0.15) is 4.31 Å². The van der Waals surface area contributed by atoms with Gasteiger partial charge in [0, 0.05) is 38.0 Å². The van der Waals surface area contributed by atoms with Crippen LogP contribution in [0.25, 0.3) is 6.08 Å². The number of carbonyl (C=O) groups is 1. The zero-order valence-electron chi connectivity index (χ0n) is 12.8. The van der Waals surface area contributed by atoms with Crippen molar-refractivity contribution in [2.45, 2.75) is 19.8 Å². The van der Waals surface area contributed by atoms with Gasteiger partial charge in [-0.15, -0.1) is 0 Å². The predicted molar refractivity (Wildman–Crippen MR) is 87.5 cm³/mol. The largest absolute Gasteiger partial charge is 0.340 e. The van der Waals surface area contributed by atoms with Gasteiger partial charge in [0.1, 0.15) is 0 Å². The van der Waals surface area contributed by atoms with Crippen molar-refractivity contribution >= 4 is 22.0 Å². The topological polar surface area (TPSA) is 57.7 Å². The highest BCUT2D eigenvalue weighted by Crippen LogP contribution is 2.12. The van der Waals surface area contributed by atoms with Crippen LogP contribution in [0.2, 0.25) is 0 Å². The summed E-state index contributed by atoms with van der Waals surface area (Å²) in [6.45, 7) is 3.62. The van der Waals surface area contributed by atoms with E-state index < -0.39 is 10.0 Å². The highest BCUT2D eigenvalue weighted by atomic mass is 32.2. The zero-order chi connectivity index (χ0) is 16.0. The van der Waals surface area contributed by atoms with Crippen LogP contribution < -0.4 is 0 Å². The molecule has 0 saturated carbocycles. The smallest absolute Gasteiger partial charge is 0.236 e. The number of amides is 1. The Hall–Kier alpha value is -1.66. The van der Waals surface area contributed by atoms with Crippen LogP contribution in [-0.2, 0) is 14.8 Å². The van der Waals surface area contributed by atoms with Crippen molar-refractivity contribution < 1.29 is 13.2 Å². The molecule has 1 aliphatic rings. The van der Waals surface area contributed by atoms with Gasteiger partial charge in [0.05, 0.1) is 0 Å². The minimum atomic E-state index is -3.43. The molecule has 1 heterocycles. The molecule has 0 bridgehead atoms. The summed E-state index contributed by atoms with van der Waals surface area (Å²) in [6, 6.07) is 9.33. The molecule has 1 saturated heterocycles. The Morgan fingerprint density at radius 2 is 1.77 bits per heavy atom. The first-order valence-electron chi connectivity index (χ1n) is 7.54. The van der Waals surface area contributed by atoms with Crippen LogP contribution in [0.4, 0.5) is 0 Å². The molecule has 0 N–H and O–H groups in total. The number of benzene rings is 1. The van der Waals surface area contributed by atoms with Gasteiger partial charge in [-0.3, -0.25) is 4.79 Å². The molecule has 120 valence electrons. The second-order valence-electron chi connectivity index (χ2n) is 5.29. The van der Waals surface area contributed by atoms with E-state index in [1.54, 1.807) is 11.0 Å². The lowest BCUT2D eigenvalue weighted by atomic mass is 10.2. The van der Waals surface area contributed by atoms with E-state index in [0.29, 0.717) is 32.6 Å². The summed E-state index contributed by atoms with van der Waals surface area (Å²) >= 11 is 0. The molecule has 0 aromatic heterocycles. The number of hydrogen-bond donors (Lipinski definition) is 0. The van der Waals surface area contributed by atoms with E-state index in [2.05, 4.69) is 0 Å². The second-order valence-corrected chi connectivity index (χ2v) is 7.11. The van der Waals surface area contributed by atoms with Crippen molar-refractivity contribution in [2.75, 3.05) is 26.2 Å². The third-order valence-electron chi connectivity index (χ3n) is 3.65. The van der Waals surface area contributed by atoms with E-state index in [9.17, 15) is 13.2 Å². The molecule has 0 aliphatic carbocycles. The van der Waals surface area contributed by atoms with Gasteiger partial charge >= 0.3 is 0 Å². The SMILES string of the molecule is CCCC(=O)N1CCN(S(=O)(=O)C=Cc2ccccc2)CC1. The molecule has 1 aromatic rings. The van der Waals surface area contributed by atoms with E-state index in [1.807, 2.05) is 37.3 Å². The summed E-state index contributed by atoms with van der Waals surface area (Å²) in [5, 5.41) is 1.24. The van der Waals surface area contributed by atoms with Crippen LogP contribution in [0, 0.1) is 0 Å². The van der Waals surface area contributed by atoms with Gasteiger partial charge in [-0.25, -0.2) is 8.42 Å². The Morgan fingerprint density at radius 3 is 2.36 bits per heavy atom. The number of nitrogens with zero attached hydrogens (tertiary/aromatic N) is 2. The monoisotopic (exact) mass is 322 g/mol. The number of carbonyl (C=O) groups excluding carboxylic acids is 1. The van der Waals surface area contributed by atoms with Crippen LogP contribution in [-0.4, -0.2) is 49.7 Å². The maximum atomic E-state index is 12.3. The Balaban J connectivity index is 1.95. The number of sulfonamides is 1. The van der Waals surface area contributed by atoms with Crippen LogP contribution >= 0.6 is 0 Å². The standard InChI is InChI=1S/C16H22N2O3S/c1-2-6-16(19)17-10-12-18(13-11-17)22(20,21)14-9-15-7-4-3-5-8-15/h3-5,7-9,14H,2,6,10-13H2,1H3. The van der Waals surface area contributed by atoms with Gasteiger partial charge in [-0.1, -0.05) is 37.3 Å². The predicted octanol–water partition coefficient (Wildman–Crippen LogP) is 1.93. The van der Waals surface area contributed by atoms with Gasteiger partial charge < -0.3 is 4.90 Å². The third kappa shape index (κ3) is 4.42. The summed E-state index contributed by atoms with van der Waals surface area (Å²) < 4.78 is 26.0. The molecule has 1 aliphatic heterocycles. The second kappa shape index (κ2) is 7.56. The highest BCUT2D eigenvalue weighted by molar-refractivity contribution is 7.92. The molecular formula is C16H22N2O3S. The fourth-order valence-corrected chi connectivity index (χ4v) is 3.55. The van der Waals surface area contributed by atoms with E-state index in [0.717, 1.165) is 12.0 Å². The van der Waals surface area contributed by atoms with Gasteiger partial charge in [-0.05, 0) is 18.1 Å². The molecule has 0 spiro atoms. The Kier molecular flexibility index (Phi) is 5.74. The summed E-state index contributed by atoms with van der Waals surface area (Å²) in [7, 11) is -3.43. The normalized spacial score (nSPS) is 17.0. The molecule has 22 heavy (non-hydrogen) atoms. The quantitative estimate of drug-likeness (QED) is 0.832. The first-order chi connectivity index (χ1) is 10.5. The first kappa shape index (κ1) is 16.7. The van der Waals surface area contributed by atoms with Crippen molar-refractivity contribution in [1.29, 1.82) is 0 Å². The summed E-state index contributed by atoms with van der Waals surface area (Å²) in [5.41, 5.74) is 0.850.